The molecule has 2 aliphatic rings. The number of hydrazine groups is 1. The van der Waals surface area contributed by atoms with Gasteiger partial charge in [0.1, 0.15) is 6.20 Å². The molecule has 0 aromatic carbocycles. The van der Waals surface area contributed by atoms with E-state index >= 15 is 0 Å². The van der Waals surface area contributed by atoms with E-state index in [9.17, 15) is 0 Å². The number of fused-ring (bicyclic) bond motifs is 1. The molecule has 5 nitrogen and oxygen atoms in total. The Bertz CT molecular complexity index is 281. The number of aliphatic imine (C=N–C) groups is 2. The Morgan fingerprint density at radius 2 is 2.14 bits per heavy atom. The van der Waals surface area contributed by atoms with Crippen LogP contribution in [-0.4, -0.2) is 35.9 Å². The highest BCUT2D eigenvalue weighted by Gasteiger charge is 2.32. The van der Waals surface area contributed by atoms with E-state index in [2.05, 4.69) is 34.0 Å². The second-order valence-electron chi connectivity index (χ2n) is 2.91. The van der Waals surface area contributed by atoms with E-state index in [1.807, 2.05) is 12.7 Å². The van der Waals surface area contributed by atoms with E-state index in [-0.39, 0.29) is 12.4 Å². The number of halogens is 1. The fraction of sp³-hybridized carbons (Fsp3) is 0.500. The SMILES string of the molecule is CCN(CC)N1C=NC2=CN=C[NH+]21.[Cl-]. The quantitative estimate of drug-likeness (QED) is 0.525. The molecule has 2 aliphatic heterocycles. The topological polar surface area (TPSA) is 35.6 Å². The van der Waals surface area contributed by atoms with Crippen molar-refractivity contribution in [2.45, 2.75) is 13.8 Å². The summed E-state index contributed by atoms with van der Waals surface area (Å²) in [5.74, 6) is 0.965. The first-order valence-electron chi connectivity index (χ1n) is 4.55. The lowest BCUT2D eigenvalue weighted by Gasteiger charge is -2.28. The van der Waals surface area contributed by atoms with Crippen LogP contribution in [0.5, 0.6) is 0 Å². The molecule has 2 rings (SSSR count). The Morgan fingerprint density at radius 3 is 2.79 bits per heavy atom. The van der Waals surface area contributed by atoms with Crippen molar-refractivity contribution in [3.05, 3.63) is 12.0 Å². The lowest BCUT2D eigenvalue weighted by atomic mass is 10.6. The predicted octanol–water partition coefficient (Wildman–Crippen LogP) is -3.77. The van der Waals surface area contributed by atoms with Crippen LogP contribution in [0, 0.1) is 0 Å². The summed E-state index contributed by atoms with van der Waals surface area (Å²) in [4.78, 5) is 8.32. The van der Waals surface area contributed by atoms with Crippen LogP contribution in [0.15, 0.2) is 22.0 Å². The molecule has 0 aromatic rings. The standard InChI is InChI=1S/C8H13N5.ClH/c1-3-11(4-2)13-7-10-8-5-9-6-12(8)13;/h5-7H,3-4H2,1-2H3;1H. The van der Waals surface area contributed by atoms with Gasteiger partial charge in [0.15, 0.2) is 6.34 Å². The molecule has 6 heteroatoms. The van der Waals surface area contributed by atoms with Gasteiger partial charge in [-0.05, 0) is 0 Å². The van der Waals surface area contributed by atoms with Crippen molar-refractivity contribution in [1.29, 1.82) is 0 Å². The van der Waals surface area contributed by atoms with Gasteiger partial charge in [0.05, 0.1) is 0 Å². The van der Waals surface area contributed by atoms with E-state index < -0.39 is 0 Å². The smallest absolute Gasteiger partial charge is 0.278 e. The lowest BCUT2D eigenvalue weighted by Crippen LogP contribution is -3.14. The van der Waals surface area contributed by atoms with Crippen molar-refractivity contribution in [1.82, 2.24) is 10.1 Å². The van der Waals surface area contributed by atoms with Crippen LogP contribution in [-0.2, 0) is 0 Å². The van der Waals surface area contributed by atoms with Crippen LogP contribution in [0.4, 0.5) is 0 Å². The molecule has 1 atom stereocenters. The molecule has 1 N–H and O–H groups in total. The maximum Gasteiger partial charge on any atom is 0.278 e. The van der Waals surface area contributed by atoms with Crippen molar-refractivity contribution in [2.75, 3.05) is 13.1 Å². The molecule has 0 amide bonds. The van der Waals surface area contributed by atoms with Crippen LogP contribution in [0.3, 0.4) is 0 Å². The third kappa shape index (κ3) is 1.66. The molecule has 0 fully saturated rings. The summed E-state index contributed by atoms with van der Waals surface area (Å²) >= 11 is 0. The molecule has 78 valence electrons. The van der Waals surface area contributed by atoms with Crippen molar-refractivity contribution >= 4 is 12.7 Å². The zero-order valence-corrected chi connectivity index (χ0v) is 9.07. The van der Waals surface area contributed by atoms with Gasteiger partial charge < -0.3 is 12.4 Å². The van der Waals surface area contributed by atoms with Gasteiger partial charge in [-0.25, -0.2) is 4.99 Å². The van der Waals surface area contributed by atoms with Gasteiger partial charge in [-0.3, -0.25) is 0 Å². The molecule has 0 spiro atoms. The third-order valence-corrected chi connectivity index (χ3v) is 2.24. The van der Waals surface area contributed by atoms with Crippen LogP contribution in [0.1, 0.15) is 13.8 Å². The van der Waals surface area contributed by atoms with E-state index in [0.29, 0.717) is 0 Å². The molecule has 0 aliphatic carbocycles. The molecule has 0 aromatic heterocycles. The van der Waals surface area contributed by atoms with Crippen LogP contribution in [0.25, 0.3) is 0 Å². The first kappa shape index (κ1) is 11.2. The third-order valence-electron chi connectivity index (χ3n) is 2.24. The van der Waals surface area contributed by atoms with Gasteiger partial charge in [0, 0.05) is 13.1 Å². The monoisotopic (exact) mass is 215 g/mol. The summed E-state index contributed by atoms with van der Waals surface area (Å²) in [6, 6.07) is 0. The maximum atomic E-state index is 4.25. The lowest BCUT2D eigenvalue weighted by molar-refractivity contribution is -0.892. The first-order chi connectivity index (χ1) is 6.36. The average molecular weight is 216 g/mol. The van der Waals surface area contributed by atoms with Gasteiger partial charge in [0.25, 0.3) is 5.82 Å². The number of quaternary nitrogens is 1. The second kappa shape index (κ2) is 4.54. The Hall–Kier alpha value is -0.910. The number of rotatable bonds is 3. The summed E-state index contributed by atoms with van der Waals surface area (Å²) < 4.78 is 0. The molecular weight excluding hydrogens is 202 g/mol. The number of nitrogens with zero attached hydrogens (tertiary/aromatic N) is 4. The van der Waals surface area contributed by atoms with Gasteiger partial charge in [-0.1, -0.05) is 13.8 Å². The molecule has 0 bridgehead atoms. The minimum absolute atomic E-state index is 0. The zero-order valence-electron chi connectivity index (χ0n) is 8.31. The maximum absolute atomic E-state index is 4.25. The van der Waals surface area contributed by atoms with E-state index in [1.54, 1.807) is 6.20 Å². The Balaban J connectivity index is 0.000000980. The van der Waals surface area contributed by atoms with Gasteiger partial charge in [-0.15, -0.1) is 10.1 Å². The van der Waals surface area contributed by atoms with E-state index in [1.165, 1.54) is 0 Å². The molecule has 2 heterocycles. The predicted molar refractivity (Wildman–Crippen MR) is 50.8 cm³/mol. The summed E-state index contributed by atoms with van der Waals surface area (Å²) in [6.07, 6.45) is 5.48. The minimum Gasteiger partial charge on any atom is -1.00 e. The van der Waals surface area contributed by atoms with Gasteiger partial charge >= 0.3 is 0 Å². The fourth-order valence-corrected chi connectivity index (χ4v) is 1.52. The normalized spacial score (nSPS) is 22.6. The first-order valence-corrected chi connectivity index (χ1v) is 4.55. The number of nitrogens with one attached hydrogen (secondary N) is 1. The van der Waals surface area contributed by atoms with E-state index in [0.717, 1.165) is 23.9 Å². The fourth-order valence-electron chi connectivity index (χ4n) is 1.52. The highest BCUT2D eigenvalue weighted by atomic mass is 35.5. The molecule has 14 heavy (non-hydrogen) atoms. The van der Waals surface area contributed by atoms with Crippen molar-refractivity contribution < 1.29 is 17.4 Å². The van der Waals surface area contributed by atoms with Crippen LogP contribution in [0.2, 0.25) is 0 Å². The second-order valence-corrected chi connectivity index (χ2v) is 2.91. The molecule has 0 saturated heterocycles. The average Bonchev–Trinajstić information content (AvgIpc) is 2.70. The Labute approximate surface area is 89.8 Å². The van der Waals surface area contributed by atoms with E-state index in [4.69, 9.17) is 0 Å². The summed E-state index contributed by atoms with van der Waals surface area (Å²) in [5.41, 5.74) is 0. The molecule has 0 saturated carbocycles. The summed E-state index contributed by atoms with van der Waals surface area (Å²) in [6.45, 7) is 6.22. The Kier molecular flexibility index (Phi) is 3.62. The van der Waals surface area contributed by atoms with Crippen molar-refractivity contribution in [3.8, 4) is 0 Å². The Morgan fingerprint density at radius 1 is 1.43 bits per heavy atom. The zero-order chi connectivity index (χ0) is 9.26. The summed E-state index contributed by atoms with van der Waals surface area (Å²) in [7, 11) is 0. The minimum atomic E-state index is 0. The molecule has 1 unspecified atom stereocenters. The van der Waals surface area contributed by atoms with Gasteiger partial charge in [0.2, 0.25) is 6.34 Å². The van der Waals surface area contributed by atoms with Crippen molar-refractivity contribution in [3.63, 3.8) is 0 Å². The largest absolute Gasteiger partial charge is 1.00 e. The van der Waals surface area contributed by atoms with Crippen LogP contribution < -0.4 is 17.4 Å². The summed E-state index contributed by atoms with van der Waals surface area (Å²) in [5, 5.41) is 5.35. The molecule has 0 radical (unpaired) electrons. The van der Waals surface area contributed by atoms with Crippen molar-refractivity contribution in [2.24, 2.45) is 9.98 Å². The number of hydrogen-bond acceptors (Lipinski definition) is 4. The highest BCUT2D eigenvalue weighted by molar-refractivity contribution is 5.61. The molecular formula is C8H14ClN5. The number of hydrogen-bond donors (Lipinski definition) is 1. The van der Waals surface area contributed by atoms with Crippen LogP contribution >= 0.6 is 0 Å². The van der Waals surface area contributed by atoms with Gasteiger partial charge in [-0.2, -0.15) is 10.0 Å². The highest BCUT2D eigenvalue weighted by Crippen LogP contribution is 2.00.